The minimum atomic E-state index is -0.891. The number of amides is 1. The lowest BCUT2D eigenvalue weighted by molar-refractivity contribution is -0.119. The van der Waals surface area contributed by atoms with Gasteiger partial charge in [-0.3, -0.25) is 4.79 Å². The maximum atomic E-state index is 12.2. The molecule has 1 amide bonds. The Morgan fingerprint density at radius 2 is 1.59 bits per heavy atom. The number of ether oxygens (including phenoxy) is 3. The van der Waals surface area contributed by atoms with Crippen LogP contribution in [0.1, 0.15) is 36.6 Å². The van der Waals surface area contributed by atoms with Crippen LogP contribution >= 0.6 is 0 Å². The molecule has 0 aliphatic carbocycles. The molecule has 0 fully saturated rings. The Morgan fingerprint density at radius 1 is 0.897 bits per heavy atom. The van der Waals surface area contributed by atoms with Gasteiger partial charge in [0.05, 0.1) is 31.0 Å². The number of phenolic OH excluding ortho intramolecular Hbond substituents is 1. The summed E-state index contributed by atoms with van der Waals surface area (Å²) in [5, 5.41) is 12.1. The third kappa shape index (κ3) is 5.32. The van der Waals surface area contributed by atoms with E-state index in [4.69, 9.17) is 4.74 Å². The highest BCUT2D eigenvalue weighted by Gasteiger charge is 2.19. The summed E-state index contributed by atoms with van der Waals surface area (Å²) in [6, 6.07) is 8.25. The minimum absolute atomic E-state index is 0.00356. The molecule has 0 atom stereocenters. The quantitative estimate of drug-likeness (QED) is 0.556. The zero-order valence-corrected chi connectivity index (χ0v) is 16.0. The Morgan fingerprint density at radius 3 is 2.24 bits per heavy atom. The van der Waals surface area contributed by atoms with Gasteiger partial charge in [-0.2, -0.15) is 0 Å². The number of benzene rings is 2. The fourth-order valence-corrected chi connectivity index (χ4v) is 2.39. The highest BCUT2D eigenvalue weighted by atomic mass is 16.5. The number of esters is 3. The predicted octanol–water partition coefficient (Wildman–Crippen LogP) is 2.07. The van der Waals surface area contributed by atoms with E-state index in [-0.39, 0.29) is 28.1 Å². The van der Waals surface area contributed by atoms with Crippen LogP contribution in [0.25, 0.3) is 0 Å². The number of hydrogen-bond donors (Lipinski definition) is 2. The lowest BCUT2D eigenvalue weighted by Crippen LogP contribution is -2.22. The molecule has 0 unspecified atom stereocenters. The number of anilines is 1. The van der Waals surface area contributed by atoms with Gasteiger partial charge in [-0.15, -0.1) is 0 Å². The van der Waals surface area contributed by atoms with E-state index in [1.54, 1.807) is 13.0 Å². The summed E-state index contributed by atoms with van der Waals surface area (Å²) < 4.78 is 14.2. The molecular formula is C20H19NO8. The number of carbonyl (C=O) groups is 4. The van der Waals surface area contributed by atoms with Crippen LogP contribution in [0.3, 0.4) is 0 Å². The van der Waals surface area contributed by atoms with E-state index in [0.717, 1.165) is 12.7 Å². The average molecular weight is 401 g/mol. The summed E-state index contributed by atoms with van der Waals surface area (Å²) in [5.41, 5.74) is 0.717. The summed E-state index contributed by atoms with van der Waals surface area (Å²) in [7, 11) is 2.35. The van der Waals surface area contributed by atoms with Gasteiger partial charge in [-0.05, 0) is 37.3 Å². The number of aromatic hydroxyl groups is 1. The van der Waals surface area contributed by atoms with E-state index in [1.807, 2.05) is 0 Å². The van der Waals surface area contributed by atoms with Gasteiger partial charge in [-0.25, -0.2) is 14.4 Å². The first-order chi connectivity index (χ1) is 13.8. The molecule has 0 aliphatic rings. The molecule has 9 nitrogen and oxygen atoms in total. The molecule has 0 aliphatic heterocycles. The first kappa shape index (κ1) is 21.4. The third-order valence-electron chi connectivity index (χ3n) is 3.83. The highest BCUT2D eigenvalue weighted by Crippen LogP contribution is 2.21. The predicted molar refractivity (Wildman–Crippen MR) is 101 cm³/mol. The van der Waals surface area contributed by atoms with Crippen LogP contribution in [0, 0.1) is 6.92 Å². The van der Waals surface area contributed by atoms with Gasteiger partial charge in [0.1, 0.15) is 11.3 Å². The smallest absolute Gasteiger partial charge is 0.342 e. The molecule has 2 N–H and O–H groups in total. The van der Waals surface area contributed by atoms with Gasteiger partial charge in [0.15, 0.2) is 6.61 Å². The second-order valence-corrected chi connectivity index (χ2v) is 5.89. The number of aryl methyl sites for hydroxylation is 1. The Labute approximate surface area is 166 Å². The average Bonchev–Trinajstić information content (AvgIpc) is 2.72. The first-order valence-electron chi connectivity index (χ1n) is 8.34. The fourth-order valence-electron chi connectivity index (χ4n) is 2.39. The standard InChI is InChI=1S/C20H19NO8/c1-11-4-7-16(22)14(8-11)20(26)29-10-17(23)21-15-9-12(18(24)27-2)5-6-13(15)19(25)28-3/h4-9,22H,10H2,1-3H3,(H,21,23). The van der Waals surface area contributed by atoms with Crippen LogP contribution in [-0.4, -0.2) is 49.7 Å². The molecule has 2 aromatic rings. The summed E-state index contributed by atoms with van der Waals surface area (Å²) in [4.78, 5) is 47.8. The molecule has 0 heterocycles. The maximum absolute atomic E-state index is 12.2. The van der Waals surface area contributed by atoms with Crippen molar-refractivity contribution in [1.29, 1.82) is 0 Å². The van der Waals surface area contributed by atoms with Crippen molar-refractivity contribution in [1.82, 2.24) is 0 Å². The van der Waals surface area contributed by atoms with Crippen molar-refractivity contribution in [2.75, 3.05) is 26.1 Å². The van der Waals surface area contributed by atoms with Gasteiger partial charge in [0, 0.05) is 0 Å². The van der Waals surface area contributed by atoms with E-state index >= 15 is 0 Å². The van der Waals surface area contributed by atoms with Gasteiger partial charge in [0.25, 0.3) is 5.91 Å². The summed E-state index contributed by atoms with van der Waals surface area (Å²) in [6.45, 7) is 1.04. The topological polar surface area (TPSA) is 128 Å². The van der Waals surface area contributed by atoms with Crippen LogP contribution in [0.2, 0.25) is 0 Å². The van der Waals surface area contributed by atoms with Crippen molar-refractivity contribution in [3.8, 4) is 5.75 Å². The normalized spacial score (nSPS) is 10.0. The van der Waals surface area contributed by atoms with Crippen LogP contribution in [0.5, 0.6) is 5.75 Å². The maximum Gasteiger partial charge on any atom is 0.342 e. The number of rotatable bonds is 6. The van der Waals surface area contributed by atoms with Crippen LogP contribution in [0.15, 0.2) is 36.4 Å². The van der Waals surface area contributed by atoms with Crippen LogP contribution in [-0.2, 0) is 19.0 Å². The van der Waals surface area contributed by atoms with E-state index in [9.17, 15) is 24.3 Å². The van der Waals surface area contributed by atoms with E-state index in [0.29, 0.717) is 0 Å². The van der Waals surface area contributed by atoms with Crippen molar-refractivity contribution in [3.05, 3.63) is 58.7 Å². The second-order valence-electron chi connectivity index (χ2n) is 5.89. The molecule has 0 saturated heterocycles. The molecule has 152 valence electrons. The minimum Gasteiger partial charge on any atom is -0.507 e. The van der Waals surface area contributed by atoms with Gasteiger partial charge >= 0.3 is 17.9 Å². The molecule has 0 aromatic heterocycles. The molecule has 2 aromatic carbocycles. The SMILES string of the molecule is COC(=O)c1ccc(C(=O)OC)c(NC(=O)COC(=O)c2cc(C)ccc2O)c1. The van der Waals surface area contributed by atoms with E-state index in [2.05, 4.69) is 14.8 Å². The van der Waals surface area contributed by atoms with Crippen molar-refractivity contribution in [2.45, 2.75) is 6.92 Å². The van der Waals surface area contributed by atoms with Gasteiger partial charge < -0.3 is 24.6 Å². The van der Waals surface area contributed by atoms with Gasteiger partial charge in [0.2, 0.25) is 0 Å². The number of methoxy groups -OCH3 is 2. The molecule has 2 rings (SSSR count). The number of hydrogen-bond acceptors (Lipinski definition) is 8. The molecule has 0 radical (unpaired) electrons. The molecule has 0 spiro atoms. The van der Waals surface area contributed by atoms with Crippen molar-refractivity contribution < 1.29 is 38.5 Å². The van der Waals surface area contributed by atoms with E-state index in [1.165, 1.54) is 37.4 Å². The monoisotopic (exact) mass is 401 g/mol. The van der Waals surface area contributed by atoms with Gasteiger partial charge in [-0.1, -0.05) is 11.6 Å². The lowest BCUT2D eigenvalue weighted by atomic mass is 10.1. The van der Waals surface area contributed by atoms with E-state index < -0.39 is 30.4 Å². The third-order valence-corrected chi connectivity index (χ3v) is 3.83. The molecule has 9 heteroatoms. The van der Waals surface area contributed by atoms with Crippen LogP contribution < -0.4 is 5.32 Å². The fraction of sp³-hybridized carbons (Fsp3) is 0.200. The molecule has 0 bridgehead atoms. The Bertz CT molecular complexity index is 967. The number of nitrogens with one attached hydrogen (secondary N) is 1. The first-order valence-corrected chi connectivity index (χ1v) is 8.34. The van der Waals surface area contributed by atoms with Crippen molar-refractivity contribution in [2.24, 2.45) is 0 Å². The Hall–Kier alpha value is -3.88. The molecule has 29 heavy (non-hydrogen) atoms. The summed E-state index contributed by atoms with van der Waals surface area (Å²) in [6.07, 6.45) is 0. The highest BCUT2D eigenvalue weighted by molar-refractivity contribution is 6.04. The number of phenols is 1. The Balaban J connectivity index is 2.14. The zero-order chi connectivity index (χ0) is 21.6. The summed E-state index contributed by atoms with van der Waals surface area (Å²) in [5.74, 6) is -3.34. The molecular weight excluding hydrogens is 382 g/mol. The van der Waals surface area contributed by atoms with Crippen molar-refractivity contribution >= 4 is 29.5 Å². The molecule has 0 saturated carbocycles. The lowest BCUT2D eigenvalue weighted by Gasteiger charge is -2.12. The second kappa shape index (κ2) is 9.36. The largest absolute Gasteiger partial charge is 0.507 e. The van der Waals surface area contributed by atoms with Crippen molar-refractivity contribution in [3.63, 3.8) is 0 Å². The number of carbonyl (C=O) groups excluding carboxylic acids is 4. The Kier molecular flexibility index (Phi) is 6.91. The zero-order valence-electron chi connectivity index (χ0n) is 16.0. The van der Waals surface area contributed by atoms with Crippen LogP contribution in [0.4, 0.5) is 5.69 Å². The summed E-state index contributed by atoms with van der Waals surface area (Å²) >= 11 is 0.